The molecule has 7 nitrogen and oxygen atoms in total. The van der Waals surface area contributed by atoms with Gasteiger partial charge in [-0.2, -0.15) is 63.2 Å². The van der Waals surface area contributed by atoms with Crippen LogP contribution in [0, 0.1) is 79.3 Å². The third kappa shape index (κ3) is 4.48. The van der Waals surface area contributed by atoms with Gasteiger partial charge in [0.15, 0.2) is 0 Å². The van der Waals surface area contributed by atoms with Gasteiger partial charge in [0.05, 0.1) is 63.2 Å². The summed E-state index contributed by atoms with van der Waals surface area (Å²) in [4.78, 5) is 0. The van der Waals surface area contributed by atoms with Crippen molar-refractivity contribution in [1.82, 2.24) is 0 Å². The SMILES string of the molecule is N#CC(C#N)=c1cc(C#N)/c(=C(\C#N)c2c(C#N)cc(C#N)c(C(F)(F)F)c2C(F)(F)F)cc1C#N. The Labute approximate surface area is 197 Å². The first kappa shape index (κ1) is 26.4. The molecule has 0 spiro atoms. The summed E-state index contributed by atoms with van der Waals surface area (Å²) in [6.45, 7) is 0. The van der Waals surface area contributed by atoms with Gasteiger partial charge in [0.1, 0.15) is 23.8 Å². The normalized spacial score (nSPS) is 11.3. The van der Waals surface area contributed by atoms with E-state index in [4.69, 9.17) is 15.8 Å². The molecule has 13 heteroatoms. The largest absolute Gasteiger partial charge is 0.418 e. The molecule has 0 aliphatic carbocycles. The molecule has 0 radical (unpaired) electrons. The zero-order valence-corrected chi connectivity index (χ0v) is 17.1. The number of alkyl halides is 6. The predicted octanol–water partition coefficient (Wildman–Crippen LogP) is 3.13. The Morgan fingerprint density at radius 3 is 1.36 bits per heavy atom. The third-order valence-electron chi connectivity index (χ3n) is 4.66. The van der Waals surface area contributed by atoms with Gasteiger partial charge >= 0.3 is 12.4 Å². The van der Waals surface area contributed by atoms with Crippen LogP contribution in [0.15, 0.2) is 18.2 Å². The monoisotopic (exact) mass is 491 g/mol. The van der Waals surface area contributed by atoms with Crippen LogP contribution in [-0.4, -0.2) is 0 Å². The van der Waals surface area contributed by atoms with Crippen molar-refractivity contribution >= 4 is 11.1 Å². The molecule has 0 saturated heterocycles. The number of hydrogen-bond acceptors (Lipinski definition) is 7. The van der Waals surface area contributed by atoms with E-state index in [1.54, 1.807) is 0 Å². The molecule has 0 heterocycles. The lowest BCUT2D eigenvalue weighted by Crippen LogP contribution is -2.25. The second-order valence-corrected chi connectivity index (χ2v) is 6.57. The maximum absolute atomic E-state index is 14.0. The fourth-order valence-corrected chi connectivity index (χ4v) is 3.29. The number of halogens is 6. The van der Waals surface area contributed by atoms with Gasteiger partial charge in [0, 0.05) is 16.0 Å². The molecule has 0 bridgehead atoms. The van der Waals surface area contributed by atoms with E-state index in [-0.39, 0.29) is 6.07 Å². The van der Waals surface area contributed by atoms with Crippen molar-refractivity contribution in [2.45, 2.75) is 12.4 Å². The van der Waals surface area contributed by atoms with E-state index in [9.17, 15) is 47.4 Å². The number of benzene rings is 2. The van der Waals surface area contributed by atoms with E-state index in [1.165, 1.54) is 36.4 Å². The standard InChI is InChI=1S/C23H3F6N7/c24-22(25,26)20-14(7-33)1-13(6-32)19(21(20)23(27,28)29)18(10-36)17-3-11(4-30)16(2-12(17)5-31)15(8-34)9-35/h1-3H/b18-17+. The van der Waals surface area contributed by atoms with Crippen molar-refractivity contribution in [1.29, 1.82) is 36.8 Å². The molecule has 0 amide bonds. The molecule has 0 fully saturated rings. The highest BCUT2D eigenvalue weighted by atomic mass is 19.4. The third-order valence-corrected chi connectivity index (χ3v) is 4.66. The fourth-order valence-electron chi connectivity index (χ4n) is 3.29. The molecule has 0 atom stereocenters. The Hall–Kier alpha value is -5.81. The minimum absolute atomic E-state index is 0.230. The van der Waals surface area contributed by atoms with Crippen LogP contribution in [0.1, 0.15) is 38.9 Å². The first-order valence-corrected chi connectivity index (χ1v) is 8.93. The van der Waals surface area contributed by atoms with Crippen molar-refractivity contribution in [2.24, 2.45) is 0 Å². The summed E-state index contributed by atoms with van der Waals surface area (Å²) in [5.41, 5.74) is -12.3. The van der Waals surface area contributed by atoms with Gasteiger partial charge in [0.25, 0.3) is 0 Å². The van der Waals surface area contributed by atoms with Crippen LogP contribution in [-0.2, 0) is 12.4 Å². The Morgan fingerprint density at radius 1 is 0.528 bits per heavy atom. The topological polar surface area (TPSA) is 167 Å². The summed E-state index contributed by atoms with van der Waals surface area (Å²) >= 11 is 0. The van der Waals surface area contributed by atoms with Crippen LogP contribution in [0.2, 0.25) is 0 Å². The van der Waals surface area contributed by atoms with Crippen LogP contribution >= 0.6 is 0 Å². The zero-order valence-electron chi connectivity index (χ0n) is 17.1. The summed E-state index contributed by atoms with van der Waals surface area (Å²) in [7, 11) is 0. The maximum atomic E-state index is 14.0. The summed E-state index contributed by atoms with van der Waals surface area (Å²) in [5, 5.41) is 64.0. The Balaban J connectivity index is 3.48. The van der Waals surface area contributed by atoms with Crippen molar-refractivity contribution in [2.75, 3.05) is 0 Å². The predicted molar refractivity (Wildman–Crippen MR) is 104 cm³/mol. The second-order valence-electron chi connectivity index (χ2n) is 6.57. The summed E-state index contributed by atoms with van der Waals surface area (Å²) in [6, 6.07) is 11.0. The Bertz CT molecular complexity index is 1720. The van der Waals surface area contributed by atoms with Gasteiger partial charge in [-0.3, -0.25) is 0 Å². The van der Waals surface area contributed by atoms with Crippen molar-refractivity contribution in [3.05, 3.63) is 67.6 Å². The van der Waals surface area contributed by atoms with E-state index in [0.717, 1.165) is 12.1 Å². The lowest BCUT2D eigenvalue weighted by molar-refractivity contribution is -0.162. The zero-order chi connectivity index (χ0) is 27.4. The molecule has 0 unspecified atom stereocenters. The molecule has 0 saturated carbocycles. The van der Waals surface area contributed by atoms with Crippen LogP contribution in [0.25, 0.3) is 11.1 Å². The molecule has 0 aliphatic rings. The molecule has 2 aromatic carbocycles. The minimum Gasteiger partial charge on any atom is -0.192 e. The molecule has 172 valence electrons. The quantitative estimate of drug-likeness (QED) is 0.552. The number of hydrogen-bond donors (Lipinski definition) is 0. The summed E-state index contributed by atoms with van der Waals surface area (Å²) in [5.74, 6) is 0. The first-order valence-electron chi connectivity index (χ1n) is 8.93. The van der Waals surface area contributed by atoms with Crippen LogP contribution in [0.5, 0.6) is 0 Å². The average Bonchev–Trinajstić information content (AvgIpc) is 2.83. The highest BCUT2D eigenvalue weighted by Crippen LogP contribution is 2.46. The summed E-state index contributed by atoms with van der Waals surface area (Å²) < 4.78 is 83.2. The van der Waals surface area contributed by atoms with Crippen LogP contribution < -0.4 is 10.4 Å². The average molecular weight is 491 g/mol. The minimum atomic E-state index is -5.84. The van der Waals surface area contributed by atoms with E-state index < -0.39 is 72.9 Å². The lowest BCUT2D eigenvalue weighted by atomic mass is 9.86. The summed E-state index contributed by atoms with van der Waals surface area (Å²) in [6.07, 6.45) is -11.6. The smallest absolute Gasteiger partial charge is 0.192 e. The van der Waals surface area contributed by atoms with Crippen LogP contribution in [0.3, 0.4) is 0 Å². The number of nitriles is 7. The molecular formula is C23H3F6N7. The van der Waals surface area contributed by atoms with Gasteiger partial charge in [-0.05, 0) is 18.2 Å². The second kappa shape index (κ2) is 9.59. The van der Waals surface area contributed by atoms with Gasteiger partial charge in [-0.1, -0.05) is 0 Å². The molecule has 0 aromatic heterocycles. The van der Waals surface area contributed by atoms with E-state index in [2.05, 4.69) is 0 Å². The Morgan fingerprint density at radius 2 is 0.972 bits per heavy atom. The molecular weight excluding hydrogens is 488 g/mol. The lowest BCUT2D eigenvalue weighted by Gasteiger charge is -2.21. The van der Waals surface area contributed by atoms with Crippen molar-refractivity contribution < 1.29 is 26.3 Å². The van der Waals surface area contributed by atoms with Gasteiger partial charge < -0.3 is 0 Å². The number of rotatable bonds is 1. The van der Waals surface area contributed by atoms with Gasteiger partial charge in [0.2, 0.25) is 0 Å². The van der Waals surface area contributed by atoms with E-state index in [0.29, 0.717) is 6.07 Å². The maximum Gasteiger partial charge on any atom is 0.418 e. The Kier molecular flexibility index (Phi) is 7.04. The van der Waals surface area contributed by atoms with Gasteiger partial charge in [-0.15, -0.1) is 0 Å². The molecule has 0 N–H and O–H groups in total. The van der Waals surface area contributed by atoms with Crippen LogP contribution in [0.4, 0.5) is 26.3 Å². The first-order chi connectivity index (χ1) is 16.8. The number of nitrogens with zero attached hydrogens (tertiary/aromatic N) is 7. The van der Waals surface area contributed by atoms with E-state index >= 15 is 0 Å². The molecule has 2 rings (SSSR count). The highest BCUT2D eigenvalue weighted by molar-refractivity contribution is 5.85. The molecule has 2 aromatic rings. The van der Waals surface area contributed by atoms with Crippen molar-refractivity contribution in [3.8, 4) is 42.5 Å². The van der Waals surface area contributed by atoms with E-state index in [1.807, 2.05) is 0 Å². The highest BCUT2D eigenvalue weighted by Gasteiger charge is 2.48. The fraction of sp³-hybridized carbons (Fsp3) is 0.0870. The van der Waals surface area contributed by atoms with Gasteiger partial charge in [-0.25, -0.2) is 0 Å². The molecule has 36 heavy (non-hydrogen) atoms. The molecule has 0 aliphatic heterocycles. The van der Waals surface area contributed by atoms with Crippen molar-refractivity contribution in [3.63, 3.8) is 0 Å².